The summed E-state index contributed by atoms with van der Waals surface area (Å²) in [5.41, 5.74) is 0.366. The van der Waals surface area contributed by atoms with E-state index >= 15 is 0 Å². The molecule has 4 rings (SSSR count). The van der Waals surface area contributed by atoms with E-state index in [1.54, 1.807) is 24.4 Å². The van der Waals surface area contributed by atoms with E-state index < -0.39 is 5.54 Å². The second kappa shape index (κ2) is 8.41. The molecular formula is C20H24ClFN4O2. The molecule has 2 atom stereocenters. The van der Waals surface area contributed by atoms with Crippen molar-refractivity contribution in [2.24, 2.45) is 0 Å². The van der Waals surface area contributed by atoms with Crippen LogP contribution in [0.5, 0.6) is 5.75 Å². The Bertz CT molecular complexity index is 866. The second-order valence-electron chi connectivity index (χ2n) is 7.05. The molecular weight excluding hydrogens is 383 g/mol. The molecule has 3 heterocycles. The van der Waals surface area contributed by atoms with Crippen molar-refractivity contribution in [2.45, 2.75) is 44.2 Å². The average Bonchev–Trinajstić information content (AvgIpc) is 3.11. The van der Waals surface area contributed by atoms with Crippen molar-refractivity contribution in [3.63, 3.8) is 0 Å². The number of halogens is 2. The normalized spacial score (nSPS) is 23.9. The summed E-state index contributed by atoms with van der Waals surface area (Å²) in [6.07, 6.45) is 4.95. The molecule has 2 N–H and O–H groups in total. The Labute approximate surface area is 169 Å². The lowest BCUT2D eigenvalue weighted by molar-refractivity contribution is -0.129. The Morgan fingerprint density at radius 2 is 2.18 bits per heavy atom. The minimum atomic E-state index is -0.525. The first kappa shape index (κ1) is 20.5. The molecule has 0 radical (unpaired) electrons. The summed E-state index contributed by atoms with van der Waals surface area (Å²) >= 11 is 0. The van der Waals surface area contributed by atoms with E-state index in [2.05, 4.69) is 20.6 Å². The first-order valence-electron chi connectivity index (χ1n) is 9.43. The van der Waals surface area contributed by atoms with Crippen molar-refractivity contribution in [3.05, 3.63) is 42.1 Å². The van der Waals surface area contributed by atoms with Crippen molar-refractivity contribution < 1.29 is 13.9 Å². The Morgan fingerprint density at radius 1 is 1.32 bits per heavy atom. The van der Waals surface area contributed by atoms with Crippen LogP contribution < -0.4 is 15.4 Å². The Hall–Kier alpha value is -2.25. The van der Waals surface area contributed by atoms with Gasteiger partial charge in [-0.2, -0.15) is 0 Å². The van der Waals surface area contributed by atoms with Crippen molar-refractivity contribution in [2.75, 3.05) is 13.2 Å². The third-order valence-corrected chi connectivity index (χ3v) is 5.32. The molecule has 2 aliphatic rings. The maximum absolute atomic E-state index is 14.4. The molecule has 28 heavy (non-hydrogen) atoms. The van der Waals surface area contributed by atoms with E-state index in [1.807, 2.05) is 6.92 Å². The zero-order chi connectivity index (χ0) is 18.9. The summed E-state index contributed by atoms with van der Waals surface area (Å²) in [7, 11) is 0. The maximum Gasteiger partial charge on any atom is 0.240 e. The topological polar surface area (TPSA) is 76.1 Å². The molecule has 2 aromatic rings. The number of hydrogen-bond donors (Lipinski definition) is 2. The molecule has 2 fully saturated rings. The zero-order valence-electron chi connectivity index (χ0n) is 15.7. The molecule has 150 valence electrons. The summed E-state index contributed by atoms with van der Waals surface area (Å²) in [5, 5.41) is 6.39. The van der Waals surface area contributed by atoms with Gasteiger partial charge < -0.3 is 10.1 Å². The lowest BCUT2D eigenvalue weighted by Gasteiger charge is -2.33. The number of piperidine rings is 1. The van der Waals surface area contributed by atoms with Gasteiger partial charge in [0.15, 0.2) is 0 Å². The van der Waals surface area contributed by atoms with E-state index in [-0.39, 0.29) is 30.2 Å². The molecule has 8 heteroatoms. The van der Waals surface area contributed by atoms with Gasteiger partial charge in [0.25, 0.3) is 0 Å². The molecule has 1 spiro atoms. The van der Waals surface area contributed by atoms with Crippen LogP contribution in [0.1, 0.15) is 44.5 Å². The molecule has 0 bridgehead atoms. The van der Waals surface area contributed by atoms with Crippen LogP contribution in [0.25, 0.3) is 11.3 Å². The number of aromatic nitrogens is 2. The van der Waals surface area contributed by atoms with Crippen LogP contribution in [0.3, 0.4) is 0 Å². The first-order valence-corrected chi connectivity index (χ1v) is 9.43. The third-order valence-electron chi connectivity index (χ3n) is 5.32. The van der Waals surface area contributed by atoms with E-state index in [0.29, 0.717) is 29.4 Å². The Morgan fingerprint density at radius 3 is 2.96 bits per heavy atom. The van der Waals surface area contributed by atoms with Gasteiger partial charge in [0.1, 0.15) is 17.4 Å². The highest BCUT2D eigenvalue weighted by molar-refractivity contribution is 5.87. The Kier molecular flexibility index (Phi) is 6.15. The van der Waals surface area contributed by atoms with Gasteiger partial charge in [0.05, 0.1) is 23.9 Å². The zero-order valence-corrected chi connectivity index (χ0v) is 16.5. The predicted molar refractivity (Wildman–Crippen MR) is 106 cm³/mol. The summed E-state index contributed by atoms with van der Waals surface area (Å²) in [6.45, 7) is 3.12. The number of benzene rings is 1. The average molecular weight is 407 g/mol. The summed E-state index contributed by atoms with van der Waals surface area (Å²) < 4.78 is 19.8. The number of carbonyl (C=O) groups excluding carboxylic acids is 1. The van der Waals surface area contributed by atoms with Gasteiger partial charge in [-0.05, 0) is 56.9 Å². The molecule has 0 saturated carbocycles. The van der Waals surface area contributed by atoms with E-state index in [9.17, 15) is 9.18 Å². The number of amides is 1. The predicted octanol–water partition coefficient (Wildman–Crippen LogP) is 3.18. The first-order chi connectivity index (χ1) is 13.1. The maximum atomic E-state index is 14.4. The fourth-order valence-corrected chi connectivity index (χ4v) is 3.96. The number of rotatable bonds is 4. The van der Waals surface area contributed by atoms with Crippen LogP contribution in [0, 0.1) is 5.82 Å². The second-order valence-corrected chi connectivity index (χ2v) is 7.05. The Balaban J connectivity index is 0.00000225. The summed E-state index contributed by atoms with van der Waals surface area (Å²) in [5.74, 6) is 0.892. The van der Waals surface area contributed by atoms with Crippen molar-refractivity contribution in [1.82, 2.24) is 20.6 Å². The SMILES string of the molecule is CCOc1ccc(F)c(-c2ccnc([C@@H]3CC[C@@]4(CCCNC4=O)N3)n2)c1.Cl. The van der Waals surface area contributed by atoms with E-state index in [0.717, 1.165) is 32.2 Å². The molecule has 2 saturated heterocycles. The van der Waals surface area contributed by atoms with Gasteiger partial charge in [-0.1, -0.05) is 0 Å². The van der Waals surface area contributed by atoms with Gasteiger partial charge in [0, 0.05) is 18.3 Å². The van der Waals surface area contributed by atoms with Gasteiger partial charge in [-0.25, -0.2) is 14.4 Å². The van der Waals surface area contributed by atoms with Crippen LogP contribution in [-0.2, 0) is 4.79 Å². The van der Waals surface area contributed by atoms with Crippen LogP contribution >= 0.6 is 12.4 Å². The molecule has 0 unspecified atom stereocenters. The monoisotopic (exact) mass is 406 g/mol. The quantitative estimate of drug-likeness (QED) is 0.815. The van der Waals surface area contributed by atoms with Gasteiger partial charge >= 0.3 is 0 Å². The number of ether oxygens (including phenoxy) is 1. The lowest BCUT2D eigenvalue weighted by atomic mass is 9.88. The lowest BCUT2D eigenvalue weighted by Crippen LogP contribution is -2.57. The highest BCUT2D eigenvalue weighted by Gasteiger charge is 2.46. The van der Waals surface area contributed by atoms with Gasteiger partial charge in [-0.3, -0.25) is 10.1 Å². The molecule has 1 amide bonds. The summed E-state index contributed by atoms with van der Waals surface area (Å²) in [6, 6.07) is 6.22. The molecule has 1 aromatic heterocycles. The van der Waals surface area contributed by atoms with Crippen molar-refractivity contribution >= 4 is 18.3 Å². The highest BCUT2D eigenvalue weighted by Crippen LogP contribution is 2.36. The smallest absolute Gasteiger partial charge is 0.240 e. The van der Waals surface area contributed by atoms with Crippen molar-refractivity contribution in [1.29, 1.82) is 0 Å². The van der Waals surface area contributed by atoms with Crippen LogP contribution in [0.2, 0.25) is 0 Å². The highest BCUT2D eigenvalue weighted by atomic mass is 35.5. The van der Waals surface area contributed by atoms with E-state index in [1.165, 1.54) is 6.07 Å². The minimum Gasteiger partial charge on any atom is -0.494 e. The van der Waals surface area contributed by atoms with Crippen molar-refractivity contribution in [3.8, 4) is 17.0 Å². The van der Waals surface area contributed by atoms with Gasteiger partial charge in [0.2, 0.25) is 5.91 Å². The number of hydrogen-bond acceptors (Lipinski definition) is 5. The van der Waals surface area contributed by atoms with Crippen LogP contribution in [0.15, 0.2) is 30.5 Å². The number of nitrogens with zero attached hydrogens (tertiary/aromatic N) is 2. The van der Waals surface area contributed by atoms with Crippen LogP contribution in [0.4, 0.5) is 4.39 Å². The number of carbonyl (C=O) groups is 1. The molecule has 1 aromatic carbocycles. The standard InChI is InChI=1S/C20H23FN4O2.ClH/c1-2-27-13-4-5-15(21)14(12-13)16-7-11-22-18(24-16)17-6-9-20(25-17)8-3-10-23-19(20)26;/h4-5,7,11-12,17,25H,2-3,6,8-10H2,1H3,(H,23,26);1H/t17-,20+;/m0./s1. The fourth-order valence-electron chi connectivity index (χ4n) is 3.96. The van der Waals surface area contributed by atoms with Gasteiger partial charge in [-0.15, -0.1) is 12.4 Å². The fraction of sp³-hybridized carbons (Fsp3) is 0.450. The molecule has 0 aliphatic carbocycles. The largest absolute Gasteiger partial charge is 0.494 e. The van der Waals surface area contributed by atoms with Crippen LogP contribution in [-0.4, -0.2) is 34.6 Å². The van der Waals surface area contributed by atoms with E-state index in [4.69, 9.17) is 4.74 Å². The summed E-state index contributed by atoms with van der Waals surface area (Å²) in [4.78, 5) is 21.3. The third kappa shape index (κ3) is 3.82. The minimum absolute atomic E-state index is 0. The molecule has 2 aliphatic heterocycles. The molecule has 6 nitrogen and oxygen atoms in total. The number of nitrogens with one attached hydrogen (secondary N) is 2.